The molecule has 5 nitrogen and oxygen atoms in total. The van der Waals surface area contributed by atoms with Crippen LogP contribution in [0.15, 0.2) is 12.4 Å². The third-order valence-electron chi connectivity index (χ3n) is 2.19. The predicted octanol–water partition coefficient (Wildman–Crippen LogP) is 1.41. The van der Waals surface area contributed by atoms with Crippen LogP contribution in [-0.2, 0) is 0 Å². The maximum atomic E-state index is 10.6. The van der Waals surface area contributed by atoms with Crippen LogP contribution < -0.4 is 4.90 Å². The van der Waals surface area contributed by atoms with E-state index in [0.29, 0.717) is 5.95 Å². The fourth-order valence-electron chi connectivity index (χ4n) is 0.905. The highest BCUT2D eigenvalue weighted by Gasteiger charge is 2.19. The monoisotopic (exact) mass is 209 g/mol. The molecule has 0 saturated carbocycles. The van der Waals surface area contributed by atoms with Gasteiger partial charge in [0.1, 0.15) is 0 Å². The van der Waals surface area contributed by atoms with Crippen LogP contribution in [0.2, 0.25) is 0 Å². The molecule has 15 heavy (non-hydrogen) atoms. The van der Waals surface area contributed by atoms with Gasteiger partial charge in [-0.05, 0) is 20.8 Å². The highest BCUT2D eigenvalue weighted by Crippen LogP contribution is 2.16. The Morgan fingerprint density at radius 3 is 2.13 bits per heavy atom. The third kappa shape index (κ3) is 2.65. The van der Waals surface area contributed by atoms with E-state index in [1.165, 1.54) is 12.4 Å². The lowest BCUT2D eigenvalue weighted by atomic mass is 10.1. The van der Waals surface area contributed by atoms with Gasteiger partial charge in [0, 0.05) is 25.0 Å². The first-order chi connectivity index (χ1) is 6.82. The molecule has 0 amide bonds. The summed E-state index contributed by atoms with van der Waals surface area (Å²) in [5.41, 5.74) is 0.00568. The Hall–Kier alpha value is -1.65. The van der Waals surface area contributed by atoms with Crippen LogP contribution in [-0.4, -0.2) is 33.6 Å². The molecule has 1 N–H and O–H groups in total. The summed E-state index contributed by atoms with van der Waals surface area (Å²) in [5.74, 6) is -0.493. The Labute approximate surface area is 88.8 Å². The normalized spacial score (nSPS) is 11.2. The van der Waals surface area contributed by atoms with Crippen molar-refractivity contribution in [2.45, 2.75) is 26.3 Å². The number of anilines is 1. The summed E-state index contributed by atoms with van der Waals surface area (Å²) in [4.78, 5) is 20.5. The van der Waals surface area contributed by atoms with Gasteiger partial charge in [-0.25, -0.2) is 14.8 Å². The van der Waals surface area contributed by atoms with Crippen molar-refractivity contribution in [1.29, 1.82) is 0 Å². The van der Waals surface area contributed by atoms with Gasteiger partial charge in [-0.15, -0.1) is 0 Å². The molecular weight excluding hydrogens is 194 g/mol. The van der Waals surface area contributed by atoms with Crippen molar-refractivity contribution in [2.24, 2.45) is 0 Å². The molecule has 1 rings (SSSR count). The van der Waals surface area contributed by atoms with Gasteiger partial charge in [0.05, 0.1) is 5.56 Å². The highest BCUT2D eigenvalue weighted by molar-refractivity contribution is 5.86. The molecule has 0 fully saturated rings. The molecule has 0 spiro atoms. The van der Waals surface area contributed by atoms with Crippen LogP contribution >= 0.6 is 0 Å². The van der Waals surface area contributed by atoms with Crippen LogP contribution in [0.1, 0.15) is 31.1 Å². The number of aromatic nitrogens is 2. The number of carbonyl (C=O) groups is 1. The molecule has 0 aliphatic heterocycles. The average Bonchev–Trinajstić information content (AvgIpc) is 2.15. The van der Waals surface area contributed by atoms with E-state index in [2.05, 4.69) is 9.97 Å². The molecule has 0 aromatic carbocycles. The quantitative estimate of drug-likeness (QED) is 0.797. The number of hydrogen-bond acceptors (Lipinski definition) is 4. The minimum absolute atomic E-state index is 0.0925. The van der Waals surface area contributed by atoms with Gasteiger partial charge in [0.2, 0.25) is 5.95 Å². The first-order valence-corrected chi connectivity index (χ1v) is 4.61. The summed E-state index contributed by atoms with van der Waals surface area (Å²) < 4.78 is 0. The minimum atomic E-state index is -1.01. The van der Waals surface area contributed by atoms with E-state index in [1.54, 1.807) is 0 Å². The standard InChI is InChI=1S/C10H15N3O2/c1-10(2,3)13(4)9-11-5-7(6-12-9)8(14)15/h5-6H,1-4H3,(H,14,15). The van der Waals surface area contributed by atoms with Gasteiger partial charge >= 0.3 is 5.97 Å². The zero-order valence-corrected chi connectivity index (χ0v) is 9.35. The molecule has 5 heteroatoms. The Balaban J connectivity index is 2.94. The van der Waals surface area contributed by atoms with Crippen molar-refractivity contribution >= 4 is 11.9 Å². The van der Waals surface area contributed by atoms with Crippen LogP contribution in [0.25, 0.3) is 0 Å². The summed E-state index contributed by atoms with van der Waals surface area (Å²) in [6.45, 7) is 6.09. The van der Waals surface area contributed by atoms with Crippen molar-refractivity contribution in [2.75, 3.05) is 11.9 Å². The van der Waals surface area contributed by atoms with Crippen LogP contribution in [0.4, 0.5) is 5.95 Å². The molecule has 1 heterocycles. The lowest BCUT2D eigenvalue weighted by molar-refractivity contribution is 0.0696. The topological polar surface area (TPSA) is 66.3 Å². The van der Waals surface area contributed by atoms with Crippen LogP contribution in [0.3, 0.4) is 0 Å². The van der Waals surface area contributed by atoms with Crippen molar-refractivity contribution in [3.05, 3.63) is 18.0 Å². The smallest absolute Gasteiger partial charge is 0.338 e. The maximum absolute atomic E-state index is 10.6. The Morgan fingerprint density at radius 2 is 1.80 bits per heavy atom. The predicted molar refractivity (Wildman–Crippen MR) is 57.1 cm³/mol. The maximum Gasteiger partial charge on any atom is 0.338 e. The summed E-state index contributed by atoms with van der Waals surface area (Å²) >= 11 is 0. The fourth-order valence-corrected chi connectivity index (χ4v) is 0.905. The molecule has 0 saturated heterocycles. The molecule has 0 unspecified atom stereocenters. The summed E-state index contributed by atoms with van der Waals surface area (Å²) in [6.07, 6.45) is 2.62. The van der Waals surface area contributed by atoms with E-state index < -0.39 is 5.97 Å². The van der Waals surface area contributed by atoms with Crippen molar-refractivity contribution in [3.8, 4) is 0 Å². The Bertz CT molecular complexity index is 354. The first kappa shape index (κ1) is 11.4. The van der Waals surface area contributed by atoms with E-state index in [0.717, 1.165) is 0 Å². The SMILES string of the molecule is CN(c1ncc(C(=O)O)cn1)C(C)(C)C. The zero-order valence-electron chi connectivity index (χ0n) is 9.35. The van der Waals surface area contributed by atoms with Gasteiger partial charge in [-0.3, -0.25) is 0 Å². The molecular formula is C10H15N3O2. The van der Waals surface area contributed by atoms with Crippen molar-refractivity contribution < 1.29 is 9.90 Å². The number of hydrogen-bond donors (Lipinski definition) is 1. The second-order valence-electron chi connectivity index (χ2n) is 4.31. The van der Waals surface area contributed by atoms with Crippen molar-refractivity contribution in [3.63, 3.8) is 0 Å². The third-order valence-corrected chi connectivity index (χ3v) is 2.19. The van der Waals surface area contributed by atoms with Gasteiger partial charge in [0.15, 0.2) is 0 Å². The van der Waals surface area contributed by atoms with Crippen LogP contribution in [0, 0.1) is 0 Å². The summed E-state index contributed by atoms with van der Waals surface area (Å²) in [6, 6.07) is 0. The van der Waals surface area contributed by atoms with Gasteiger partial charge < -0.3 is 10.0 Å². The lowest BCUT2D eigenvalue weighted by Gasteiger charge is -2.31. The molecule has 1 aromatic rings. The zero-order chi connectivity index (χ0) is 11.6. The second-order valence-corrected chi connectivity index (χ2v) is 4.31. The summed E-state index contributed by atoms with van der Waals surface area (Å²) in [7, 11) is 1.87. The number of rotatable bonds is 2. The molecule has 0 aliphatic rings. The van der Waals surface area contributed by atoms with Crippen molar-refractivity contribution in [1.82, 2.24) is 9.97 Å². The molecule has 82 valence electrons. The molecule has 1 aromatic heterocycles. The number of aromatic carboxylic acids is 1. The highest BCUT2D eigenvalue weighted by atomic mass is 16.4. The molecule has 0 aliphatic carbocycles. The van der Waals surface area contributed by atoms with E-state index in [4.69, 9.17) is 5.11 Å². The second kappa shape index (κ2) is 3.84. The lowest BCUT2D eigenvalue weighted by Crippen LogP contribution is -2.39. The Kier molecular flexibility index (Phi) is 2.93. The number of carboxylic acid groups (broad SMARTS) is 1. The number of carboxylic acids is 1. The van der Waals surface area contributed by atoms with E-state index >= 15 is 0 Å². The Morgan fingerprint density at radius 1 is 1.33 bits per heavy atom. The summed E-state index contributed by atoms with van der Waals surface area (Å²) in [5, 5.41) is 8.68. The van der Waals surface area contributed by atoms with Gasteiger partial charge in [0.25, 0.3) is 0 Å². The average molecular weight is 209 g/mol. The largest absolute Gasteiger partial charge is 0.478 e. The molecule has 0 bridgehead atoms. The van der Waals surface area contributed by atoms with Gasteiger partial charge in [-0.1, -0.05) is 0 Å². The van der Waals surface area contributed by atoms with Gasteiger partial charge in [-0.2, -0.15) is 0 Å². The van der Waals surface area contributed by atoms with E-state index in [9.17, 15) is 4.79 Å². The molecule has 0 atom stereocenters. The molecule has 0 radical (unpaired) electrons. The fraction of sp³-hybridized carbons (Fsp3) is 0.500. The number of nitrogens with zero attached hydrogens (tertiary/aromatic N) is 3. The minimum Gasteiger partial charge on any atom is -0.478 e. The van der Waals surface area contributed by atoms with E-state index in [1.807, 2.05) is 32.7 Å². The first-order valence-electron chi connectivity index (χ1n) is 4.61. The van der Waals surface area contributed by atoms with Crippen LogP contribution in [0.5, 0.6) is 0 Å². The van der Waals surface area contributed by atoms with E-state index in [-0.39, 0.29) is 11.1 Å².